The third-order valence-electron chi connectivity index (χ3n) is 4.38. The van der Waals surface area contributed by atoms with Crippen LogP contribution in [0.1, 0.15) is 32.6 Å². The molecule has 0 atom stereocenters. The van der Waals surface area contributed by atoms with E-state index in [1.165, 1.54) is 12.8 Å². The van der Waals surface area contributed by atoms with E-state index in [0.29, 0.717) is 0 Å². The Balaban J connectivity index is 0.000000153. The van der Waals surface area contributed by atoms with Gasteiger partial charge in [0.15, 0.2) is 5.82 Å². The third-order valence-corrected chi connectivity index (χ3v) is 4.92. The van der Waals surface area contributed by atoms with Crippen molar-refractivity contribution < 1.29 is 14.6 Å². The molecule has 2 fully saturated rings. The maximum Gasteiger partial charge on any atom is 0.405 e. The van der Waals surface area contributed by atoms with Crippen molar-refractivity contribution in [2.75, 3.05) is 18.5 Å². The molecule has 1 saturated carbocycles. The number of anilines is 2. The monoisotopic (exact) mass is 465 g/mol. The lowest BCUT2D eigenvalue weighted by molar-refractivity contribution is 0.189. The molecule has 1 saturated heterocycles. The Labute approximate surface area is 176 Å². The van der Waals surface area contributed by atoms with Crippen LogP contribution in [0, 0.1) is 0 Å². The van der Waals surface area contributed by atoms with E-state index in [2.05, 4.69) is 46.8 Å². The molecule has 4 N–H and O–H groups in total. The van der Waals surface area contributed by atoms with Crippen molar-refractivity contribution in [3.8, 4) is 0 Å². The van der Waals surface area contributed by atoms with Gasteiger partial charge in [0.05, 0.1) is 18.6 Å². The van der Waals surface area contributed by atoms with Crippen molar-refractivity contribution in [3.05, 3.63) is 35.3 Å². The summed E-state index contributed by atoms with van der Waals surface area (Å²) in [6, 6.07) is 3.72. The fourth-order valence-corrected chi connectivity index (χ4v) is 2.91. The zero-order valence-corrected chi connectivity index (χ0v) is 17.6. The quantitative estimate of drug-likeness (QED) is 0.465. The van der Waals surface area contributed by atoms with Crippen molar-refractivity contribution in [2.24, 2.45) is 0 Å². The predicted octanol–water partition coefficient (Wildman–Crippen LogP) is 3.56. The van der Waals surface area contributed by atoms with Crippen LogP contribution in [0.5, 0.6) is 0 Å². The second-order valence-corrected chi connectivity index (χ2v) is 7.78. The molecular weight excluding hydrogens is 442 g/mol. The zero-order valence-electron chi connectivity index (χ0n) is 16.1. The van der Waals surface area contributed by atoms with Gasteiger partial charge in [0.1, 0.15) is 15.9 Å². The summed E-state index contributed by atoms with van der Waals surface area (Å²) >= 11 is 3.38. The number of nitrogens with one attached hydrogen (secondary N) is 3. The molecule has 0 bridgehead atoms. The fraction of sp³-hybridized carbons (Fsp3) is 0.444. The van der Waals surface area contributed by atoms with Crippen LogP contribution < -0.4 is 10.6 Å². The Morgan fingerprint density at radius 1 is 1.31 bits per heavy atom. The molecule has 0 radical (unpaired) electrons. The molecule has 0 aromatic carbocycles. The molecule has 1 aliphatic carbocycles. The second-order valence-electron chi connectivity index (χ2n) is 6.96. The first kappa shape index (κ1) is 21.1. The molecule has 2 aliphatic rings. The first-order chi connectivity index (χ1) is 14.0. The van der Waals surface area contributed by atoms with Gasteiger partial charge in [-0.15, -0.1) is 0 Å². The van der Waals surface area contributed by atoms with Crippen molar-refractivity contribution in [1.82, 2.24) is 30.1 Å². The minimum Gasteiger partial charge on any atom is -0.465 e. The van der Waals surface area contributed by atoms with Gasteiger partial charge in [-0.3, -0.25) is 5.10 Å². The Bertz CT molecular complexity index is 913. The molecule has 1 aliphatic heterocycles. The number of H-pyrrole nitrogens is 1. The first-order valence-corrected chi connectivity index (χ1v) is 10.1. The number of hydrogen-bond acceptors (Lipinski definition) is 6. The van der Waals surface area contributed by atoms with Gasteiger partial charge in [0.2, 0.25) is 0 Å². The van der Waals surface area contributed by atoms with Crippen LogP contribution in [0.25, 0.3) is 5.52 Å². The van der Waals surface area contributed by atoms with Crippen LogP contribution in [0.4, 0.5) is 16.4 Å². The van der Waals surface area contributed by atoms with Gasteiger partial charge in [-0.2, -0.15) is 10.2 Å². The Morgan fingerprint density at radius 2 is 2.07 bits per heavy atom. The predicted molar refractivity (Wildman–Crippen MR) is 111 cm³/mol. The Hall–Kier alpha value is -2.66. The maximum atomic E-state index is 9.94. The zero-order chi connectivity index (χ0) is 20.7. The number of carbonyl (C=O) groups is 1. The third kappa shape index (κ3) is 6.43. The summed E-state index contributed by atoms with van der Waals surface area (Å²) in [5.41, 5.74) is 0.815. The molecular formula is C18H24BrN7O3. The molecule has 0 unspecified atom stereocenters. The summed E-state index contributed by atoms with van der Waals surface area (Å²) in [6.45, 7) is 3.90. The molecule has 11 heteroatoms. The molecule has 29 heavy (non-hydrogen) atoms. The van der Waals surface area contributed by atoms with E-state index in [9.17, 15) is 4.79 Å². The van der Waals surface area contributed by atoms with Crippen molar-refractivity contribution in [3.63, 3.8) is 0 Å². The molecule has 10 nitrogen and oxygen atoms in total. The normalized spacial score (nSPS) is 16.2. The average Bonchev–Trinajstić information content (AvgIpc) is 3.26. The molecule has 4 heterocycles. The van der Waals surface area contributed by atoms with Gasteiger partial charge in [-0.25, -0.2) is 14.3 Å². The number of halogens is 1. The van der Waals surface area contributed by atoms with Gasteiger partial charge in [-0.05, 0) is 54.6 Å². The SMILES string of the molecule is Brc1cnc(Nc2ccn[nH]2)c2ccnn12.C1CCOC1.CC1(NC(=O)O)CC1. The highest BCUT2D eigenvalue weighted by molar-refractivity contribution is 9.10. The van der Waals surface area contributed by atoms with E-state index >= 15 is 0 Å². The first-order valence-electron chi connectivity index (χ1n) is 9.30. The summed E-state index contributed by atoms with van der Waals surface area (Å²) in [5.74, 6) is 1.52. The van der Waals surface area contributed by atoms with Crippen LogP contribution in [-0.4, -0.2) is 54.7 Å². The van der Waals surface area contributed by atoms with E-state index in [0.717, 1.165) is 47.8 Å². The van der Waals surface area contributed by atoms with E-state index < -0.39 is 6.09 Å². The molecule has 3 aromatic heterocycles. The highest BCUT2D eigenvalue weighted by Gasteiger charge is 2.38. The summed E-state index contributed by atoms with van der Waals surface area (Å²) < 4.78 is 7.51. The summed E-state index contributed by atoms with van der Waals surface area (Å²) in [4.78, 5) is 14.2. The van der Waals surface area contributed by atoms with Crippen LogP contribution in [0.3, 0.4) is 0 Å². The number of fused-ring (bicyclic) bond motifs is 1. The van der Waals surface area contributed by atoms with E-state index in [4.69, 9.17) is 9.84 Å². The van der Waals surface area contributed by atoms with Crippen LogP contribution in [-0.2, 0) is 4.74 Å². The molecule has 3 aromatic rings. The van der Waals surface area contributed by atoms with Crippen LogP contribution in [0.2, 0.25) is 0 Å². The average molecular weight is 466 g/mol. The minimum atomic E-state index is -0.912. The smallest absolute Gasteiger partial charge is 0.405 e. The van der Waals surface area contributed by atoms with Crippen molar-refractivity contribution in [1.29, 1.82) is 0 Å². The highest BCUT2D eigenvalue weighted by Crippen LogP contribution is 2.33. The minimum absolute atomic E-state index is 0.0775. The number of rotatable bonds is 3. The lowest BCUT2D eigenvalue weighted by Crippen LogP contribution is -2.32. The molecule has 5 rings (SSSR count). The van der Waals surface area contributed by atoms with Gasteiger partial charge < -0.3 is 20.5 Å². The molecule has 1 amide bonds. The summed E-state index contributed by atoms with van der Waals surface area (Å²) in [5, 5.41) is 24.6. The lowest BCUT2D eigenvalue weighted by atomic mass is 10.3. The standard InChI is InChI=1S/C9H7BrN6.C5H9NO2.C4H8O/c10-7-5-11-9(6-1-4-13-16(6)7)14-8-2-3-12-15-8;1-5(2-3-5)6-4(7)8;1-2-4-5-3-1/h1-5H,(H2,11,12,14,15);6H,2-3H2,1H3,(H,7,8);1-4H2. The topological polar surface area (TPSA) is 129 Å². The summed E-state index contributed by atoms with van der Waals surface area (Å²) in [7, 11) is 0. The molecule has 156 valence electrons. The summed E-state index contributed by atoms with van der Waals surface area (Å²) in [6.07, 6.45) is 8.71. The number of carboxylic acid groups (broad SMARTS) is 1. The van der Waals surface area contributed by atoms with E-state index in [-0.39, 0.29) is 5.54 Å². The number of hydrogen-bond donors (Lipinski definition) is 4. The Kier molecular flexibility index (Phi) is 7.04. The van der Waals surface area contributed by atoms with Gasteiger partial charge in [0, 0.05) is 24.8 Å². The van der Waals surface area contributed by atoms with E-state index in [1.807, 2.05) is 19.1 Å². The van der Waals surface area contributed by atoms with Crippen LogP contribution in [0.15, 0.2) is 35.3 Å². The number of amides is 1. The number of ether oxygens (including phenoxy) is 1. The van der Waals surface area contributed by atoms with Gasteiger partial charge >= 0.3 is 6.09 Å². The largest absolute Gasteiger partial charge is 0.465 e. The van der Waals surface area contributed by atoms with E-state index in [1.54, 1.807) is 23.1 Å². The number of aromatic amines is 1. The number of aromatic nitrogens is 5. The Morgan fingerprint density at radius 3 is 2.59 bits per heavy atom. The van der Waals surface area contributed by atoms with Crippen molar-refractivity contribution in [2.45, 2.75) is 38.1 Å². The number of nitrogens with zero attached hydrogens (tertiary/aromatic N) is 4. The van der Waals surface area contributed by atoms with Gasteiger partial charge in [0.25, 0.3) is 0 Å². The maximum absolute atomic E-state index is 9.94. The second kappa shape index (κ2) is 9.70. The molecule has 0 spiro atoms. The van der Waals surface area contributed by atoms with Gasteiger partial charge in [-0.1, -0.05) is 0 Å². The lowest BCUT2D eigenvalue weighted by Gasteiger charge is -2.05. The fourth-order valence-electron chi connectivity index (χ4n) is 2.52. The highest BCUT2D eigenvalue weighted by atomic mass is 79.9. The van der Waals surface area contributed by atoms with Crippen LogP contribution >= 0.6 is 15.9 Å². The van der Waals surface area contributed by atoms with Crippen molar-refractivity contribution >= 4 is 39.2 Å².